The number of methoxy groups -OCH3 is 2. The highest BCUT2D eigenvalue weighted by molar-refractivity contribution is 6.42. The Morgan fingerprint density at radius 2 is 1.88 bits per heavy atom. The summed E-state index contributed by atoms with van der Waals surface area (Å²) in [6.45, 7) is 0.0610. The second kappa shape index (κ2) is 7.63. The summed E-state index contributed by atoms with van der Waals surface area (Å²) in [6.07, 6.45) is 0. The van der Waals surface area contributed by atoms with Gasteiger partial charge in [0.05, 0.1) is 24.8 Å². The molecule has 0 aliphatic heterocycles. The first-order chi connectivity index (χ1) is 12.1. The van der Waals surface area contributed by atoms with Gasteiger partial charge >= 0.3 is 0 Å². The van der Waals surface area contributed by atoms with Crippen LogP contribution in [-0.2, 0) is 6.61 Å². The lowest BCUT2D eigenvalue weighted by Gasteiger charge is -2.07. The molecule has 0 bridgehead atoms. The van der Waals surface area contributed by atoms with Gasteiger partial charge in [0.15, 0.2) is 6.61 Å². The van der Waals surface area contributed by atoms with E-state index in [2.05, 4.69) is 10.1 Å². The number of halogens is 2. The van der Waals surface area contributed by atoms with Crippen LogP contribution >= 0.6 is 23.2 Å². The first-order valence-corrected chi connectivity index (χ1v) is 7.99. The summed E-state index contributed by atoms with van der Waals surface area (Å²) in [4.78, 5) is 4.31. The van der Waals surface area contributed by atoms with Crippen molar-refractivity contribution in [1.29, 1.82) is 0 Å². The number of ether oxygens (including phenoxy) is 3. The van der Waals surface area contributed by atoms with Gasteiger partial charge in [-0.2, -0.15) is 4.98 Å². The molecule has 130 valence electrons. The Labute approximate surface area is 154 Å². The molecule has 6 nitrogen and oxygen atoms in total. The predicted molar refractivity (Wildman–Crippen MR) is 93.6 cm³/mol. The van der Waals surface area contributed by atoms with Gasteiger partial charge in [0, 0.05) is 6.07 Å². The molecule has 0 aliphatic carbocycles. The highest BCUT2D eigenvalue weighted by atomic mass is 35.5. The van der Waals surface area contributed by atoms with Crippen molar-refractivity contribution in [3.63, 3.8) is 0 Å². The average Bonchev–Trinajstić information content (AvgIpc) is 3.11. The van der Waals surface area contributed by atoms with Crippen molar-refractivity contribution in [3.8, 4) is 28.6 Å². The summed E-state index contributed by atoms with van der Waals surface area (Å²) in [7, 11) is 3.14. The monoisotopic (exact) mass is 380 g/mol. The summed E-state index contributed by atoms with van der Waals surface area (Å²) >= 11 is 12.0. The van der Waals surface area contributed by atoms with E-state index in [0.717, 1.165) is 0 Å². The summed E-state index contributed by atoms with van der Waals surface area (Å²) in [5.74, 6) is 2.36. The molecule has 0 N–H and O–H groups in total. The van der Waals surface area contributed by atoms with Crippen LogP contribution in [0, 0.1) is 0 Å². The van der Waals surface area contributed by atoms with Crippen molar-refractivity contribution >= 4 is 23.2 Å². The summed E-state index contributed by atoms with van der Waals surface area (Å²) in [5.41, 5.74) is 0.680. The van der Waals surface area contributed by atoms with Crippen LogP contribution in [0.25, 0.3) is 11.4 Å². The van der Waals surface area contributed by atoms with Gasteiger partial charge in [-0.05, 0) is 24.3 Å². The molecule has 1 aromatic heterocycles. The first kappa shape index (κ1) is 17.4. The molecule has 0 amide bonds. The quantitative estimate of drug-likeness (QED) is 0.620. The predicted octanol–water partition coefficient (Wildman–Crippen LogP) is 4.64. The summed E-state index contributed by atoms with van der Waals surface area (Å²) in [6, 6.07) is 10.4. The molecule has 0 saturated carbocycles. The van der Waals surface area contributed by atoms with Crippen molar-refractivity contribution in [3.05, 3.63) is 52.3 Å². The summed E-state index contributed by atoms with van der Waals surface area (Å²) in [5, 5.41) is 4.70. The lowest BCUT2D eigenvalue weighted by Crippen LogP contribution is -1.97. The van der Waals surface area contributed by atoms with Crippen LogP contribution < -0.4 is 14.2 Å². The third-order valence-corrected chi connectivity index (χ3v) is 4.19. The molecule has 8 heteroatoms. The van der Waals surface area contributed by atoms with Gasteiger partial charge in [-0.1, -0.05) is 34.4 Å². The highest BCUT2D eigenvalue weighted by Gasteiger charge is 2.15. The molecule has 1 heterocycles. The minimum atomic E-state index is 0.0610. The highest BCUT2D eigenvalue weighted by Crippen LogP contribution is 2.33. The van der Waals surface area contributed by atoms with Gasteiger partial charge in [0.1, 0.15) is 22.3 Å². The Hall–Kier alpha value is -2.44. The van der Waals surface area contributed by atoms with Crippen LogP contribution in [0.1, 0.15) is 5.89 Å². The fourth-order valence-corrected chi connectivity index (χ4v) is 2.49. The van der Waals surface area contributed by atoms with E-state index in [1.165, 1.54) is 0 Å². The molecule has 3 rings (SSSR count). The largest absolute Gasteiger partial charge is 0.497 e. The zero-order valence-electron chi connectivity index (χ0n) is 13.5. The van der Waals surface area contributed by atoms with E-state index in [1.807, 2.05) is 0 Å². The van der Waals surface area contributed by atoms with Crippen molar-refractivity contribution in [1.82, 2.24) is 10.1 Å². The van der Waals surface area contributed by atoms with Crippen LogP contribution in [0.4, 0.5) is 0 Å². The lowest BCUT2D eigenvalue weighted by atomic mass is 10.2. The van der Waals surface area contributed by atoms with Crippen molar-refractivity contribution in [2.75, 3.05) is 14.2 Å². The fraction of sp³-hybridized carbons (Fsp3) is 0.176. The average molecular weight is 381 g/mol. The van der Waals surface area contributed by atoms with Crippen LogP contribution in [0.5, 0.6) is 17.2 Å². The number of nitrogens with zero attached hydrogens (tertiary/aromatic N) is 2. The molecule has 0 aliphatic rings. The van der Waals surface area contributed by atoms with E-state index in [9.17, 15) is 0 Å². The minimum Gasteiger partial charge on any atom is -0.497 e. The molecule has 0 radical (unpaired) electrons. The lowest BCUT2D eigenvalue weighted by molar-refractivity contribution is 0.243. The molecule has 2 aromatic carbocycles. The van der Waals surface area contributed by atoms with Gasteiger partial charge in [-0.15, -0.1) is 0 Å². The fourth-order valence-electron chi connectivity index (χ4n) is 2.14. The van der Waals surface area contributed by atoms with Gasteiger partial charge in [0.2, 0.25) is 5.82 Å². The van der Waals surface area contributed by atoms with Crippen LogP contribution in [0.2, 0.25) is 10.0 Å². The molecule has 0 saturated heterocycles. The Kier molecular flexibility index (Phi) is 5.31. The van der Waals surface area contributed by atoms with Crippen LogP contribution in [0.15, 0.2) is 40.9 Å². The third kappa shape index (κ3) is 3.81. The Morgan fingerprint density at radius 3 is 2.64 bits per heavy atom. The Morgan fingerprint density at radius 1 is 1.04 bits per heavy atom. The number of benzene rings is 2. The normalized spacial score (nSPS) is 10.6. The molecule has 3 aromatic rings. The number of hydrogen-bond donors (Lipinski definition) is 0. The molecule has 0 spiro atoms. The van der Waals surface area contributed by atoms with Gasteiger partial charge in [0.25, 0.3) is 5.89 Å². The SMILES string of the molecule is COc1ccc(-c2noc(COc3cccc(Cl)c3Cl)n2)c(OC)c1. The van der Waals surface area contributed by atoms with Gasteiger partial charge in [-0.25, -0.2) is 0 Å². The molecule has 0 atom stereocenters. The van der Waals surface area contributed by atoms with Crippen molar-refractivity contribution in [2.24, 2.45) is 0 Å². The molecule has 0 fully saturated rings. The maximum Gasteiger partial charge on any atom is 0.264 e. The van der Waals surface area contributed by atoms with Gasteiger partial charge in [-0.3, -0.25) is 0 Å². The Balaban J connectivity index is 1.78. The maximum absolute atomic E-state index is 6.08. The smallest absolute Gasteiger partial charge is 0.264 e. The number of hydrogen-bond acceptors (Lipinski definition) is 6. The first-order valence-electron chi connectivity index (χ1n) is 7.24. The van der Waals surface area contributed by atoms with Crippen LogP contribution in [0.3, 0.4) is 0 Å². The third-order valence-electron chi connectivity index (χ3n) is 3.38. The molecule has 0 unspecified atom stereocenters. The van der Waals surface area contributed by atoms with E-state index in [4.69, 9.17) is 41.9 Å². The second-order valence-electron chi connectivity index (χ2n) is 4.92. The summed E-state index contributed by atoms with van der Waals surface area (Å²) < 4.78 is 21.3. The van der Waals surface area contributed by atoms with E-state index in [0.29, 0.717) is 44.6 Å². The maximum atomic E-state index is 6.08. The molecular weight excluding hydrogens is 367 g/mol. The van der Waals surface area contributed by atoms with E-state index < -0.39 is 0 Å². The van der Waals surface area contributed by atoms with Crippen molar-refractivity contribution in [2.45, 2.75) is 6.61 Å². The van der Waals surface area contributed by atoms with Crippen molar-refractivity contribution < 1.29 is 18.7 Å². The second-order valence-corrected chi connectivity index (χ2v) is 5.70. The Bertz CT molecular complexity index is 883. The standard InChI is InChI=1S/C17H14Cl2N2O4/c1-22-10-6-7-11(14(8-10)23-2)17-20-15(25-21-17)9-24-13-5-3-4-12(18)16(13)19/h3-8H,9H2,1-2H3. The molecule has 25 heavy (non-hydrogen) atoms. The molecular formula is C17H14Cl2N2O4. The zero-order valence-corrected chi connectivity index (χ0v) is 15.0. The number of rotatable bonds is 6. The zero-order chi connectivity index (χ0) is 17.8. The minimum absolute atomic E-state index is 0.0610. The van der Waals surface area contributed by atoms with Gasteiger partial charge < -0.3 is 18.7 Å². The number of aromatic nitrogens is 2. The van der Waals surface area contributed by atoms with Crippen LogP contribution in [-0.4, -0.2) is 24.4 Å². The van der Waals surface area contributed by atoms with E-state index in [1.54, 1.807) is 50.6 Å². The topological polar surface area (TPSA) is 66.6 Å². The van der Waals surface area contributed by atoms with E-state index in [-0.39, 0.29) is 6.61 Å². The van der Waals surface area contributed by atoms with E-state index >= 15 is 0 Å².